The molecular weight excluding hydrogens is 266 g/mol. The van der Waals surface area contributed by atoms with Crippen molar-refractivity contribution in [3.05, 3.63) is 59.7 Å². The topological polar surface area (TPSA) is 88.1 Å². The first kappa shape index (κ1) is 14.4. The maximum atomic E-state index is 11.0. The number of ether oxygens (including phenoxy) is 1. The SMILES string of the molecule is N#CCOc1ccccc1CNc1ccc(C(N)=O)cc1. The number of carbonyl (C=O) groups is 1. The van der Waals surface area contributed by atoms with E-state index in [9.17, 15) is 4.79 Å². The number of carbonyl (C=O) groups excluding carboxylic acids is 1. The number of hydrogen-bond acceptors (Lipinski definition) is 4. The molecule has 3 N–H and O–H groups in total. The van der Waals surface area contributed by atoms with Crippen molar-refractivity contribution in [2.24, 2.45) is 5.73 Å². The van der Waals surface area contributed by atoms with Crippen LogP contribution >= 0.6 is 0 Å². The van der Waals surface area contributed by atoms with Crippen LogP contribution in [0, 0.1) is 11.3 Å². The summed E-state index contributed by atoms with van der Waals surface area (Å²) >= 11 is 0. The molecule has 0 atom stereocenters. The van der Waals surface area contributed by atoms with Crippen LogP contribution in [0.2, 0.25) is 0 Å². The summed E-state index contributed by atoms with van der Waals surface area (Å²) in [5.74, 6) is 0.233. The van der Waals surface area contributed by atoms with Crippen LogP contribution in [0.15, 0.2) is 48.5 Å². The highest BCUT2D eigenvalue weighted by Gasteiger charge is 2.03. The monoisotopic (exact) mass is 281 g/mol. The second-order valence-corrected chi connectivity index (χ2v) is 4.35. The number of benzene rings is 2. The number of para-hydroxylation sites is 1. The third-order valence-corrected chi connectivity index (χ3v) is 2.92. The van der Waals surface area contributed by atoms with Gasteiger partial charge in [-0.3, -0.25) is 4.79 Å². The molecule has 0 bridgehead atoms. The van der Waals surface area contributed by atoms with Gasteiger partial charge in [0, 0.05) is 23.4 Å². The normalized spacial score (nSPS) is 9.67. The van der Waals surface area contributed by atoms with Crippen molar-refractivity contribution in [1.29, 1.82) is 5.26 Å². The van der Waals surface area contributed by atoms with Crippen LogP contribution in [0.1, 0.15) is 15.9 Å². The Bertz CT molecular complexity index is 660. The quantitative estimate of drug-likeness (QED) is 0.850. The number of rotatable bonds is 6. The lowest BCUT2D eigenvalue weighted by molar-refractivity contribution is 0.100. The molecular formula is C16H15N3O2. The Labute approximate surface area is 123 Å². The molecule has 2 aromatic rings. The third-order valence-electron chi connectivity index (χ3n) is 2.92. The summed E-state index contributed by atoms with van der Waals surface area (Å²) in [5, 5.41) is 11.8. The van der Waals surface area contributed by atoms with Gasteiger partial charge in [0.25, 0.3) is 0 Å². The third kappa shape index (κ3) is 3.98. The fourth-order valence-electron chi connectivity index (χ4n) is 1.85. The van der Waals surface area contributed by atoms with E-state index in [-0.39, 0.29) is 6.61 Å². The Kier molecular flexibility index (Phi) is 4.78. The molecule has 5 heteroatoms. The van der Waals surface area contributed by atoms with Gasteiger partial charge in [0.1, 0.15) is 11.8 Å². The lowest BCUT2D eigenvalue weighted by Crippen LogP contribution is -2.10. The zero-order chi connectivity index (χ0) is 15.1. The minimum absolute atomic E-state index is 0.0182. The van der Waals surface area contributed by atoms with Gasteiger partial charge in [0.2, 0.25) is 5.91 Å². The second kappa shape index (κ2) is 6.96. The molecule has 0 spiro atoms. The van der Waals surface area contributed by atoms with Crippen LogP contribution in [0.3, 0.4) is 0 Å². The Morgan fingerprint density at radius 3 is 2.57 bits per heavy atom. The molecule has 0 heterocycles. The van der Waals surface area contributed by atoms with Gasteiger partial charge in [0.05, 0.1) is 0 Å². The molecule has 0 unspecified atom stereocenters. The molecule has 0 aliphatic rings. The van der Waals surface area contributed by atoms with E-state index >= 15 is 0 Å². The molecule has 2 aromatic carbocycles. The first-order valence-corrected chi connectivity index (χ1v) is 6.42. The first-order valence-electron chi connectivity index (χ1n) is 6.42. The largest absolute Gasteiger partial charge is 0.478 e. The summed E-state index contributed by atoms with van der Waals surface area (Å²) in [6.45, 7) is 0.571. The van der Waals surface area contributed by atoms with E-state index in [1.807, 2.05) is 30.3 Å². The number of nitrogens with one attached hydrogen (secondary N) is 1. The highest BCUT2D eigenvalue weighted by atomic mass is 16.5. The van der Waals surface area contributed by atoms with Gasteiger partial charge in [-0.2, -0.15) is 5.26 Å². The maximum absolute atomic E-state index is 11.0. The van der Waals surface area contributed by atoms with Crippen LogP contribution in [-0.2, 0) is 6.54 Å². The molecule has 106 valence electrons. The van der Waals surface area contributed by atoms with E-state index in [0.717, 1.165) is 11.3 Å². The fraction of sp³-hybridized carbons (Fsp3) is 0.125. The number of nitriles is 1. The standard InChI is InChI=1S/C16H15N3O2/c17-9-10-21-15-4-2-1-3-13(15)11-19-14-7-5-12(6-8-14)16(18)20/h1-8,19H,10-11H2,(H2,18,20). The average molecular weight is 281 g/mol. The molecule has 0 saturated heterocycles. The zero-order valence-corrected chi connectivity index (χ0v) is 11.4. The summed E-state index contributed by atoms with van der Waals surface area (Å²) in [4.78, 5) is 11.0. The maximum Gasteiger partial charge on any atom is 0.248 e. The fourth-order valence-corrected chi connectivity index (χ4v) is 1.85. The van der Waals surface area contributed by atoms with Crippen LogP contribution in [0.25, 0.3) is 0 Å². The Morgan fingerprint density at radius 2 is 1.90 bits per heavy atom. The number of amides is 1. The second-order valence-electron chi connectivity index (χ2n) is 4.35. The van der Waals surface area contributed by atoms with E-state index in [4.69, 9.17) is 15.7 Å². The van der Waals surface area contributed by atoms with Crippen molar-refractivity contribution in [2.45, 2.75) is 6.54 Å². The molecule has 0 aliphatic heterocycles. The summed E-state index contributed by atoms with van der Waals surface area (Å²) in [6.07, 6.45) is 0. The van der Waals surface area contributed by atoms with Crippen LogP contribution in [0.4, 0.5) is 5.69 Å². The highest BCUT2D eigenvalue weighted by molar-refractivity contribution is 5.93. The van der Waals surface area contributed by atoms with Crippen molar-refractivity contribution >= 4 is 11.6 Å². The predicted octanol–water partition coefficient (Wildman–Crippen LogP) is 2.30. The van der Waals surface area contributed by atoms with Gasteiger partial charge in [-0.1, -0.05) is 18.2 Å². The van der Waals surface area contributed by atoms with E-state index in [1.54, 1.807) is 24.3 Å². The minimum Gasteiger partial charge on any atom is -0.478 e. The summed E-state index contributed by atoms with van der Waals surface area (Å²) in [7, 11) is 0. The average Bonchev–Trinajstić information content (AvgIpc) is 2.52. The Morgan fingerprint density at radius 1 is 1.19 bits per heavy atom. The molecule has 0 radical (unpaired) electrons. The van der Waals surface area contributed by atoms with Crippen molar-refractivity contribution in [1.82, 2.24) is 0 Å². The minimum atomic E-state index is -0.447. The van der Waals surface area contributed by atoms with E-state index in [0.29, 0.717) is 17.9 Å². The van der Waals surface area contributed by atoms with Gasteiger partial charge in [-0.05, 0) is 30.3 Å². The van der Waals surface area contributed by atoms with Crippen LogP contribution < -0.4 is 15.8 Å². The van der Waals surface area contributed by atoms with Crippen molar-refractivity contribution < 1.29 is 9.53 Å². The number of hydrogen-bond donors (Lipinski definition) is 2. The molecule has 1 amide bonds. The smallest absolute Gasteiger partial charge is 0.248 e. The van der Waals surface area contributed by atoms with Gasteiger partial charge in [-0.25, -0.2) is 0 Å². The van der Waals surface area contributed by atoms with Crippen molar-refractivity contribution in [3.8, 4) is 11.8 Å². The van der Waals surface area contributed by atoms with E-state index < -0.39 is 5.91 Å². The molecule has 0 saturated carbocycles. The van der Waals surface area contributed by atoms with E-state index in [1.165, 1.54) is 0 Å². The van der Waals surface area contributed by atoms with E-state index in [2.05, 4.69) is 5.32 Å². The van der Waals surface area contributed by atoms with Gasteiger partial charge in [-0.15, -0.1) is 0 Å². The van der Waals surface area contributed by atoms with Gasteiger partial charge in [0.15, 0.2) is 6.61 Å². The molecule has 5 nitrogen and oxygen atoms in total. The highest BCUT2D eigenvalue weighted by Crippen LogP contribution is 2.19. The van der Waals surface area contributed by atoms with Gasteiger partial charge >= 0.3 is 0 Å². The summed E-state index contributed by atoms with van der Waals surface area (Å²) in [6, 6.07) is 16.4. The lowest BCUT2D eigenvalue weighted by atomic mass is 10.1. The van der Waals surface area contributed by atoms with Crippen LogP contribution in [0.5, 0.6) is 5.75 Å². The molecule has 0 aliphatic carbocycles. The molecule has 0 aromatic heterocycles. The summed E-state index contributed by atoms with van der Waals surface area (Å²) < 4.78 is 5.36. The molecule has 0 fully saturated rings. The zero-order valence-electron chi connectivity index (χ0n) is 11.4. The van der Waals surface area contributed by atoms with Crippen molar-refractivity contribution in [2.75, 3.05) is 11.9 Å². The number of nitrogens with two attached hydrogens (primary N) is 1. The number of nitrogens with zero attached hydrogens (tertiary/aromatic N) is 1. The predicted molar refractivity (Wildman–Crippen MR) is 79.8 cm³/mol. The number of anilines is 1. The Hall–Kier alpha value is -3.00. The lowest BCUT2D eigenvalue weighted by Gasteiger charge is -2.11. The molecule has 21 heavy (non-hydrogen) atoms. The van der Waals surface area contributed by atoms with Crippen molar-refractivity contribution in [3.63, 3.8) is 0 Å². The van der Waals surface area contributed by atoms with Gasteiger partial charge < -0.3 is 15.8 Å². The molecule has 2 rings (SSSR count). The van der Waals surface area contributed by atoms with Crippen LogP contribution in [-0.4, -0.2) is 12.5 Å². The number of primary amides is 1. The summed E-state index contributed by atoms with van der Waals surface area (Å²) in [5.41, 5.74) is 7.48. The Balaban J connectivity index is 2.02. The first-order chi connectivity index (χ1) is 10.2.